The van der Waals surface area contributed by atoms with Crippen molar-refractivity contribution >= 4 is 17.5 Å². The minimum atomic E-state index is 0.0833. The molecular formula is C14H21ClN2O. The SMILES string of the molecule is CCCCNC(=O)CN(C)Cc1ccc(Cl)cc1. The highest BCUT2D eigenvalue weighted by atomic mass is 35.5. The standard InChI is InChI=1S/C14H21ClN2O/c1-3-4-9-16-14(18)11-17(2)10-12-5-7-13(15)8-6-12/h5-8H,3-4,9-11H2,1-2H3,(H,16,18). The van der Waals surface area contributed by atoms with Crippen LogP contribution in [0, 0.1) is 0 Å². The molecule has 0 radical (unpaired) electrons. The third kappa shape index (κ3) is 6.03. The first-order chi connectivity index (χ1) is 8.61. The number of nitrogens with zero attached hydrogens (tertiary/aromatic N) is 1. The van der Waals surface area contributed by atoms with Gasteiger partial charge in [-0.05, 0) is 31.2 Å². The number of benzene rings is 1. The summed E-state index contributed by atoms with van der Waals surface area (Å²) in [5.41, 5.74) is 1.16. The Labute approximate surface area is 114 Å². The summed E-state index contributed by atoms with van der Waals surface area (Å²) in [6, 6.07) is 7.69. The molecule has 0 aliphatic heterocycles. The van der Waals surface area contributed by atoms with Crippen molar-refractivity contribution in [2.75, 3.05) is 20.1 Å². The van der Waals surface area contributed by atoms with Gasteiger partial charge in [-0.1, -0.05) is 37.1 Å². The molecule has 1 N–H and O–H groups in total. The molecule has 0 saturated heterocycles. The van der Waals surface area contributed by atoms with Crippen LogP contribution in [0.2, 0.25) is 5.02 Å². The van der Waals surface area contributed by atoms with E-state index in [1.54, 1.807) is 0 Å². The van der Waals surface area contributed by atoms with Gasteiger partial charge >= 0.3 is 0 Å². The number of likely N-dealkylation sites (N-methyl/N-ethyl adjacent to an activating group) is 1. The highest BCUT2D eigenvalue weighted by Gasteiger charge is 2.06. The van der Waals surface area contributed by atoms with Crippen molar-refractivity contribution in [2.24, 2.45) is 0 Å². The molecule has 0 fully saturated rings. The summed E-state index contributed by atoms with van der Waals surface area (Å²) in [5, 5.41) is 3.64. The van der Waals surface area contributed by atoms with Crippen LogP contribution in [0.4, 0.5) is 0 Å². The molecule has 18 heavy (non-hydrogen) atoms. The largest absolute Gasteiger partial charge is 0.355 e. The molecule has 0 aliphatic carbocycles. The normalized spacial score (nSPS) is 10.7. The minimum Gasteiger partial charge on any atom is -0.355 e. The fraction of sp³-hybridized carbons (Fsp3) is 0.500. The lowest BCUT2D eigenvalue weighted by Crippen LogP contribution is -2.35. The third-order valence-corrected chi connectivity index (χ3v) is 2.88. The molecule has 1 rings (SSSR count). The maximum absolute atomic E-state index is 11.6. The van der Waals surface area contributed by atoms with Gasteiger partial charge in [0.15, 0.2) is 0 Å². The van der Waals surface area contributed by atoms with E-state index in [9.17, 15) is 4.79 Å². The van der Waals surface area contributed by atoms with Crippen molar-refractivity contribution in [1.82, 2.24) is 10.2 Å². The van der Waals surface area contributed by atoms with Crippen molar-refractivity contribution in [3.8, 4) is 0 Å². The van der Waals surface area contributed by atoms with E-state index >= 15 is 0 Å². The van der Waals surface area contributed by atoms with Gasteiger partial charge < -0.3 is 5.32 Å². The second-order valence-corrected chi connectivity index (χ2v) is 4.94. The zero-order chi connectivity index (χ0) is 13.4. The fourth-order valence-electron chi connectivity index (χ4n) is 1.66. The predicted octanol–water partition coefficient (Wildman–Crippen LogP) is 2.69. The van der Waals surface area contributed by atoms with Gasteiger partial charge in [-0.3, -0.25) is 9.69 Å². The van der Waals surface area contributed by atoms with Gasteiger partial charge in [-0.25, -0.2) is 0 Å². The Morgan fingerprint density at radius 1 is 1.33 bits per heavy atom. The molecule has 0 atom stereocenters. The average Bonchev–Trinajstić information content (AvgIpc) is 2.32. The van der Waals surface area contributed by atoms with Crippen LogP contribution in [-0.4, -0.2) is 30.9 Å². The number of unbranched alkanes of at least 4 members (excludes halogenated alkanes) is 1. The van der Waals surface area contributed by atoms with Gasteiger partial charge in [-0.2, -0.15) is 0 Å². The third-order valence-electron chi connectivity index (χ3n) is 2.63. The Kier molecular flexibility index (Phi) is 6.76. The average molecular weight is 269 g/mol. The molecule has 0 saturated carbocycles. The van der Waals surface area contributed by atoms with E-state index in [-0.39, 0.29) is 5.91 Å². The Morgan fingerprint density at radius 3 is 2.61 bits per heavy atom. The quantitative estimate of drug-likeness (QED) is 0.771. The van der Waals surface area contributed by atoms with Crippen LogP contribution in [0.1, 0.15) is 25.3 Å². The van der Waals surface area contributed by atoms with Crippen molar-refractivity contribution in [2.45, 2.75) is 26.3 Å². The topological polar surface area (TPSA) is 32.3 Å². The lowest BCUT2D eigenvalue weighted by molar-refractivity contribution is -0.122. The summed E-state index contributed by atoms with van der Waals surface area (Å²) in [5.74, 6) is 0.0833. The summed E-state index contributed by atoms with van der Waals surface area (Å²) in [6.45, 7) is 4.05. The number of hydrogen-bond donors (Lipinski definition) is 1. The van der Waals surface area contributed by atoms with Gasteiger partial charge in [0.1, 0.15) is 0 Å². The number of rotatable bonds is 7. The molecular weight excluding hydrogens is 248 g/mol. The summed E-state index contributed by atoms with van der Waals surface area (Å²) in [6.07, 6.45) is 2.13. The van der Waals surface area contributed by atoms with E-state index in [4.69, 9.17) is 11.6 Å². The maximum Gasteiger partial charge on any atom is 0.234 e. The zero-order valence-electron chi connectivity index (χ0n) is 11.1. The number of carbonyl (C=O) groups is 1. The second kappa shape index (κ2) is 8.11. The molecule has 0 aliphatic rings. The number of halogens is 1. The first-order valence-corrected chi connectivity index (χ1v) is 6.69. The fourth-order valence-corrected chi connectivity index (χ4v) is 1.79. The molecule has 0 unspecified atom stereocenters. The van der Waals surface area contributed by atoms with Crippen LogP contribution in [0.25, 0.3) is 0 Å². The van der Waals surface area contributed by atoms with Gasteiger partial charge in [0.2, 0.25) is 5.91 Å². The molecule has 0 bridgehead atoms. The van der Waals surface area contributed by atoms with Crippen LogP contribution in [0.3, 0.4) is 0 Å². The summed E-state index contributed by atoms with van der Waals surface area (Å²) in [4.78, 5) is 13.6. The summed E-state index contributed by atoms with van der Waals surface area (Å²) < 4.78 is 0. The molecule has 4 heteroatoms. The van der Waals surface area contributed by atoms with Gasteiger partial charge in [0.05, 0.1) is 6.54 Å². The van der Waals surface area contributed by atoms with E-state index < -0.39 is 0 Å². The first-order valence-electron chi connectivity index (χ1n) is 6.31. The summed E-state index contributed by atoms with van der Waals surface area (Å²) in [7, 11) is 1.94. The Morgan fingerprint density at radius 2 is 2.00 bits per heavy atom. The number of nitrogens with one attached hydrogen (secondary N) is 1. The molecule has 0 spiro atoms. The predicted molar refractivity (Wildman–Crippen MR) is 75.7 cm³/mol. The highest BCUT2D eigenvalue weighted by molar-refractivity contribution is 6.30. The summed E-state index contributed by atoms with van der Waals surface area (Å²) >= 11 is 5.83. The second-order valence-electron chi connectivity index (χ2n) is 4.50. The van der Waals surface area contributed by atoms with Gasteiger partial charge in [-0.15, -0.1) is 0 Å². The Balaban J connectivity index is 2.30. The smallest absolute Gasteiger partial charge is 0.234 e. The van der Waals surface area contributed by atoms with E-state index in [0.717, 1.165) is 36.5 Å². The van der Waals surface area contributed by atoms with Gasteiger partial charge in [0, 0.05) is 18.1 Å². The van der Waals surface area contributed by atoms with E-state index in [1.165, 1.54) is 0 Å². The van der Waals surface area contributed by atoms with Crippen molar-refractivity contribution in [3.05, 3.63) is 34.9 Å². The minimum absolute atomic E-state index is 0.0833. The molecule has 0 aromatic heterocycles. The molecule has 0 heterocycles. The molecule has 3 nitrogen and oxygen atoms in total. The van der Waals surface area contributed by atoms with E-state index in [1.807, 2.05) is 36.2 Å². The van der Waals surface area contributed by atoms with E-state index in [2.05, 4.69) is 12.2 Å². The Hall–Kier alpha value is -1.06. The van der Waals surface area contributed by atoms with Crippen LogP contribution < -0.4 is 5.32 Å². The monoisotopic (exact) mass is 268 g/mol. The number of amides is 1. The van der Waals surface area contributed by atoms with Crippen molar-refractivity contribution < 1.29 is 4.79 Å². The van der Waals surface area contributed by atoms with Crippen molar-refractivity contribution in [1.29, 1.82) is 0 Å². The molecule has 1 aromatic rings. The van der Waals surface area contributed by atoms with Crippen LogP contribution in [-0.2, 0) is 11.3 Å². The van der Waals surface area contributed by atoms with Crippen molar-refractivity contribution in [3.63, 3.8) is 0 Å². The molecule has 100 valence electrons. The first kappa shape index (κ1) is 15.0. The highest BCUT2D eigenvalue weighted by Crippen LogP contribution is 2.10. The molecule has 1 amide bonds. The zero-order valence-corrected chi connectivity index (χ0v) is 11.8. The number of hydrogen-bond acceptors (Lipinski definition) is 2. The number of carbonyl (C=O) groups excluding carboxylic acids is 1. The van der Waals surface area contributed by atoms with Crippen LogP contribution in [0.5, 0.6) is 0 Å². The van der Waals surface area contributed by atoms with E-state index in [0.29, 0.717) is 6.54 Å². The van der Waals surface area contributed by atoms with Gasteiger partial charge in [0.25, 0.3) is 0 Å². The Bertz CT molecular complexity index is 365. The van der Waals surface area contributed by atoms with Crippen LogP contribution >= 0.6 is 11.6 Å². The van der Waals surface area contributed by atoms with Crippen LogP contribution in [0.15, 0.2) is 24.3 Å². The lowest BCUT2D eigenvalue weighted by Gasteiger charge is -2.16. The maximum atomic E-state index is 11.6. The lowest BCUT2D eigenvalue weighted by atomic mass is 10.2. The molecule has 1 aromatic carbocycles.